The first-order chi connectivity index (χ1) is 9.70. The van der Waals surface area contributed by atoms with Crippen molar-refractivity contribution in [1.29, 1.82) is 0 Å². The standard InChI is InChI=1S/C14H15BrN2O2S/c1-19-7-6-17(10-12-3-2-8-20-12)14(18)11-4-5-16-13(15)9-11/h2-5,8-9H,6-7,10H2,1H3. The third kappa shape index (κ3) is 4.13. The third-order valence-electron chi connectivity index (χ3n) is 2.75. The van der Waals surface area contributed by atoms with E-state index < -0.39 is 0 Å². The van der Waals surface area contributed by atoms with Gasteiger partial charge < -0.3 is 9.64 Å². The molecule has 0 radical (unpaired) electrons. The van der Waals surface area contributed by atoms with Crippen molar-refractivity contribution in [2.75, 3.05) is 20.3 Å². The lowest BCUT2D eigenvalue weighted by molar-refractivity contribution is 0.0682. The minimum Gasteiger partial charge on any atom is -0.383 e. The first-order valence-electron chi connectivity index (χ1n) is 6.13. The Labute approximate surface area is 130 Å². The van der Waals surface area contributed by atoms with Crippen LogP contribution in [-0.2, 0) is 11.3 Å². The zero-order valence-corrected chi connectivity index (χ0v) is 13.5. The highest BCUT2D eigenvalue weighted by atomic mass is 79.9. The minimum absolute atomic E-state index is 0.0152. The summed E-state index contributed by atoms with van der Waals surface area (Å²) in [5.41, 5.74) is 0.625. The Balaban J connectivity index is 2.14. The van der Waals surface area contributed by atoms with E-state index in [-0.39, 0.29) is 5.91 Å². The van der Waals surface area contributed by atoms with Crippen LogP contribution in [0.4, 0.5) is 0 Å². The van der Waals surface area contributed by atoms with Crippen molar-refractivity contribution in [3.8, 4) is 0 Å². The summed E-state index contributed by atoms with van der Waals surface area (Å²) in [5, 5.41) is 2.01. The number of methoxy groups -OCH3 is 1. The quantitative estimate of drug-likeness (QED) is 0.748. The molecule has 0 saturated carbocycles. The lowest BCUT2D eigenvalue weighted by Gasteiger charge is -2.22. The zero-order valence-electron chi connectivity index (χ0n) is 11.1. The summed E-state index contributed by atoms with van der Waals surface area (Å²) in [7, 11) is 1.64. The number of carbonyl (C=O) groups is 1. The van der Waals surface area contributed by atoms with E-state index in [1.54, 1.807) is 41.7 Å². The average Bonchev–Trinajstić information content (AvgIpc) is 2.95. The van der Waals surface area contributed by atoms with Crippen LogP contribution in [0.2, 0.25) is 0 Å². The summed E-state index contributed by atoms with van der Waals surface area (Å²) in [4.78, 5) is 19.5. The summed E-state index contributed by atoms with van der Waals surface area (Å²) < 4.78 is 5.75. The van der Waals surface area contributed by atoms with Gasteiger partial charge in [0.1, 0.15) is 4.60 Å². The Hall–Kier alpha value is -1.24. The van der Waals surface area contributed by atoms with Gasteiger partial charge in [-0.3, -0.25) is 4.79 Å². The average molecular weight is 355 g/mol. The molecule has 4 nitrogen and oxygen atoms in total. The van der Waals surface area contributed by atoms with Crippen LogP contribution in [0.1, 0.15) is 15.2 Å². The van der Waals surface area contributed by atoms with Crippen molar-refractivity contribution >= 4 is 33.2 Å². The summed E-state index contributed by atoms with van der Waals surface area (Å²) in [6.45, 7) is 1.68. The number of halogens is 1. The van der Waals surface area contributed by atoms with Gasteiger partial charge in [-0.1, -0.05) is 6.07 Å². The van der Waals surface area contributed by atoms with Crippen LogP contribution in [0.25, 0.3) is 0 Å². The van der Waals surface area contributed by atoms with Crippen molar-refractivity contribution < 1.29 is 9.53 Å². The van der Waals surface area contributed by atoms with Gasteiger partial charge in [-0.15, -0.1) is 11.3 Å². The lowest BCUT2D eigenvalue weighted by Crippen LogP contribution is -2.33. The number of pyridine rings is 1. The molecule has 0 aliphatic carbocycles. The molecule has 0 unspecified atom stereocenters. The van der Waals surface area contributed by atoms with Gasteiger partial charge in [-0.2, -0.15) is 0 Å². The molecule has 1 amide bonds. The highest BCUT2D eigenvalue weighted by molar-refractivity contribution is 9.10. The maximum atomic E-state index is 12.6. The Morgan fingerprint density at radius 3 is 3.00 bits per heavy atom. The molecule has 0 aliphatic heterocycles. The van der Waals surface area contributed by atoms with Crippen molar-refractivity contribution in [2.45, 2.75) is 6.54 Å². The number of carbonyl (C=O) groups excluding carboxylic acids is 1. The Morgan fingerprint density at radius 2 is 2.35 bits per heavy atom. The van der Waals surface area contributed by atoms with E-state index in [0.717, 1.165) is 4.88 Å². The molecule has 0 aromatic carbocycles. The molecule has 6 heteroatoms. The van der Waals surface area contributed by atoms with Crippen molar-refractivity contribution in [2.24, 2.45) is 0 Å². The van der Waals surface area contributed by atoms with Gasteiger partial charge in [-0.05, 0) is 39.5 Å². The van der Waals surface area contributed by atoms with Crippen molar-refractivity contribution in [1.82, 2.24) is 9.88 Å². The SMILES string of the molecule is COCCN(Cc1cccs1)C(=O)c1ccnc(Br)c1. The van der Waals surface area contributed by atoms with E-state index in [1.807, 2.05) is 17.5 Å². The largest absolute Gasteiger partial charge is 0.383 e. The summed E-state index contributed by atoms with van der Waals surface area (Å²) in [6, 6.07) is 7.47. The summed E-state index contributed by atoms with van der Waals surface area (Å²) >= 11 is 4.93. The number of hydrogen-bond acceptors (Lipinski definition) is 4. The molecule has 0 aliphatic rings. The van der Waals surface area contributed by atoms with Crippen LogP contribution in [0.5, 0.6) is 0 Å². The fraction of sp³-hybridized carbons (Fsp3) is 0.286. The molecular weight excluding hydrogens is 340 g/mol. The molecule has 0 atom stereocenters. The molecule has 0 bridgehead atoms. The number of nitrogens with zero attached hydrogens (tertiary/aromatic N) is 2. The number of hydrogen-bond donors (Lipinski definition) is 0. The molecule has 2 heterocycles. The number of amides is 1. The van der Waals surface area contributed by atoms with E-state index >= 15 is 0 Å². The van der Waals surface area contributed by atoms with Gasteiger partial charge in [0.25, 0.3) is 5.91 Å². The molecule has 0 N–H and O–H groups in total. The Bertz CT molecular complexity index is 560. The van der Waals surface area contributed by atoms with Crippen LogP contribution in [0.3, 0.4) is 0 Å². The predicted octanol–water partition coefficient (Wildman–Crippen LogP) is 3.19. The molecule has 20 heavy (non-hydrogen) atoms. The number of ether oxygens (including phenoxy) is 1. The maximum Gasteiger partial charge on any atom is 0.254 e. The minimum atomic E-state index is -0.0152. The van der Waals surface area contributed by atoms with Crippen molar-refractivity contribution in [3.63, 3.8) is 0 Å². The van der Waals surface area contributed by atoms with Crippen LogP contribution in [0, 0.1) is 0 Å². The highest BCUT2D eigenvalue weighted by Crippen LogP contribution is 2.16. The summed E-state index contributed by atoms with van der Waals surface area (Å²) in [6.07, 6.45) is 1.62. The van der Waals surface area contributed by atoms with E-state index in [2.05, 4.69) is 20.9 Å². The second-order valence-electron chi connectivity index (χ2n) is 4.17. The molecule has 2 rings (SSSR count). The molecule has 106 valence electrons. The first-order valence-corrected chi connectivity index (χ1v) is 7.80. The second-order valence-corrected chi connectivity index (χ2v) is 6.01. The molecule has 0 spiro atoms. The zero-order chi connectivity index (χ0) is 14.4. The van der Waals surface area contributed by atoms with E-state index in [1.165, 1.54) is 0 Å². The fourth-order valence-electron chi connectivity index (χ4n) is 1.76. The summed E-state index contributed by atoms with van der Waals surface area (Å²) in [5.74, 6) is -0.0152. The smallest absolute Gasteiger partial charge is 0.254 e. The van der Waals surface area contributed by atoms with Crippen molar-refractivity contribution in [3.05, 3.63) is 50.9 Å². The van der Waals surface area contributed by atoms with Crippen LogP contribution >= 0.6 is 27.3 Å². The predicted molar refractivity (Wildman–Crippen MR) is 82.9 cm³/mol. The first kappa shape index (κ1) is 15.2. The normalized spacial score (nSPS) is 10.5. The van der Waals surface area contributed by atoms with Gasteiger partial charge in [0.15, 0.2) is 0 Å². The molecule has 2 aromatic rings. The number of rotatable bonds is 6. The van der Waals surface area contributed by atoms with E-state index in [4.69, 9.17) is 4.74 Å². The monoisotopic (exact) mass is 354 g/mol. The fourth-order valence-corrected chi connectivity index (χ4v) is 2.85. The second kappa shape index (κ2) is 7.52. The van der Waals surface area contributed by atoms with Gasteiger partial charge >= 0.3 is 0 Å². The molecular formula is C14H15BrN2O2S. The maximum absolute atomic E-state index is 12.6. The third-order valence-corrected chi connectivity index (χ3v) is 4.05. The molecule has 0 saturated heterocycles. The van der Waals surface area contributed by atoms with Gasteiger partial charge in [0, 0.05) is 30.3 Å². The molecule has 0 fully saturated rings. The van der Waals surface area contributed by atoms with Gasteiger partial charge in [-0.25, -0.2) is 4.98 Å². The van der Waals surface area contributed by atoms with E-state index in [0.29, 0.717) is 29.9 Å². The Kier molecular flexibility index (Phi) is 5.70. The van der Waals surface area contributed by atoms with Crippen LogP contribution < -0.4 is 0 Å². The number of aromatic nitrogens is 1. The molecule has 2 aromatic heterocycles. The van der Waals surface area contributed by atoms with E-state index in [9.17, 15) is 4.79 Å². The van der Waals surface area contributed by atoms with Gasteiger partial charge in [0.05, 0.1) is 13.2 Å². The van der Waals surface area contributed by atoms with Crippen LogP contribution in [-0.4, -0.2) is 36.1 Å². The van der Waals surface area contributed by atoms with Crippen LogP contribution in [0.15, 0.2) is 40.4 Å². The van der Waals surface area contributed by atoms with Gasteiger partial charge in [0.2, 0.25) is 0 Å². The topological polar surface area (TPSA) is 42.4 Å². The lowest BCUT2D eigenvalue weighted by atomic mass is 10.2. The number of thiophene rings is 1. The Morgan fingerprint density at radius 1 is 1.50 bits per heavy atom. The highest BCUT2D eigenvalue weighted by Gasteiger charge is 2.16.